The molecule has 1 amide bonds. The number of imidazole rings is 1. The monoisotopic (exact) mass is 287 g/mol. The van der Waals surface area contributed by atoms with Crippen LogP contribution in [0.25, 0.3) is 23.0 Å². The van der Waals surface area contributed by atoms with Crippen molar-refractivity contribution >= 4 is 23.2 Å². The number of fused-ring (bicyclic) bond motifs is 1. The highest BCUT2D eigenvalue weighted by molar-refractivity contribution is 6.34. The van der Waals surface area contributed by atoms with Crippen molar-refractivity contribution in [2.75, 3.05) is 5.32 Å². The molecule has 0 fully saturated rings. The largest absolute Gasteiger partial charge is 0.338 e. The summed E-state index contributed by atoms with van der Waals surface area (Å²) in [5, 5.41) is 2.86. The number of aromatic amines is 1. The van der Waals surface area contributed by atoms with E-state index in [2.05, 4.69) is 15.3 Å². The SMILES string of the molecule is O=C1Nc2ccccc2/C1=C\c1cnc(-c2ccccc2)[nH]1. The predicted molar refractivity (Wildman–Crippen MR) is 87.0 cm³/mol. The molecule has 4 rings (SSSR count). The molecule has 0 atom stereocenters. The van der Waals surface area contributed by atoms with E-state index in [9.17, 15) is 4.79 Å². The number of nitrogens with one attached hydrogen (secondary N) is 2. The zero-order valence-corrected chi connectivity index (χ0v) is 11.7. The summed E-state index contributed by atoms with van der Waals surface area (Å²) in [7, 11) is 0. The van der Waals surface area contributed by atoms with Gasteiger partial charge in [-0.3, -0.25) is 4.79 Å². The Morgan fingerprint density at radius 1 is 0.955 bits per heavy atom. The number of carbonyl (C=O) groups is 1. The first-order valence-corrected chi connectivity index (χ1v) is 7.04. The molecule has 0 saturated heterocycles. The molecule has 2 N–H and O–H groups in total. The van der Waals surface area contributed by atoms with Crippen LogP contribution in [0, 0.1) is 0 Å². The third-order valence-corrected chi connectivity index (χ3v) is 3.65. The Balaban J connectivity index is 1.72. The number of para-hydroxylation sites is 1. The quantitative estimate of drug-likeness (QED) is 0.708. The van der Waals surface area contributed by atoms with E-state index in [0.717, 1.165) is 28.3 Å². The van der Waals surface area contributed by atoms with Gasteiger partial charge in [0, 0.05) is 16.8 Å². The molecule has 2 heterocycles. The highest BCUT2D eigenvalue weighted by Gasteiger charge is 2.23. The van der Waals surface area contributed by atoms with Crippen LogP contribution in [0.4, 0.5) is 5.69 Å². The lowest BCUT2D eigenvalue weighted by molar-refractivity contribution is -0.110. The smallest absolute Gasteiger partial charge is 0.256 e. The molecule has 106 valence electrons. The maximum atomic E-state index is 12.1. The molecule has 4 nitrogen and oxygen atoms in total. The molecule has 0 bridgehead atoms. The van der Waals surface area contributed by atoms with E-state index >= 15 is 0 Å². The third kappa shape index (κ3) is 2.11. The Hall–Kier alpha value is -3.14. The van der Waals surface area contributed by atoms with Crippen LogP contribution >= 0.6 is 0 Å². The highest BCUT2D eigenvalue weighted by Crippen LogP contribution is 2.32. The summed E-state index contributed by atoms with van der Waals surface area (Å²) < 4.78 is 0. The molecule has 0 unspecified atom stereocenters. The predicted octanol–water partition coefficient (Wildman–Crippen LogP) is 3.57. The maximum Gasteiger partial charge on any atom is 0.256 e. The average molecular weight is 287 g/mol. The number of rotatable bonds is 2. The zero-order chi connectivity index (χ0) is 14.9. The Morgan fingerprint density at radius 2 is 1.73 bits per heavy atom. The van der Waals surface area contributed by atoms with Gasteiger partial charge in [-0.2, -0.15) is 0 Å². The fourth-order valence-electron chi connectivity index (χ4n) is 2.59. The van der Waals surface area contributed by atoms with Crippen molar-refractivity contribution < 1.29 is 4.79 Å². The summed E-state index contributed by atoms with van der Waals surface area (Å²) >= 11 is 0. The van der Waals surface area contributed by atoms with Crippen LogP contribution in [0.2, 0.25) is 0 Å². The molecule has 0 radical (unpaired) electrons. The second-order valence-corrected chi connectivity index (χ2v) is 5.11. The molecule has 0 saturated carbocycles. The number of nitrogens with zero attached hydrogens (tertiary/aromatic N) is 1. The first-order chi connectivity index (χ1) is 10.8. The molecule has 1 aliphatic rings. The minimum atomic E-state index is -0.0861. The molecule has 0 spiro atoms. The molecular formula is C18H13N3O. The van der Waals surface area contributed by atoms with E-state index in [4.69, 9.17) is 0 Å². The Kier molecular flexibility index (Phi) is 2.86. The van der Waals surface area contributed by atoms with E-state index < -0.39 is 0 Å². The van der Waals surface area contributed by atoms with E-state index in [1.54, 1.807) is 6.20 Å². The van der Waals surface area contributed by atoms with E-state index in [-0.39, 0.29) is 5.91 Å². The number of carbonyl (C=O) groups excluding carboxylic acids is 1. The average Bonchev–Trinajstić information content (AvgIpc) is 3.14. The van der Waals surface area contributed by atoms with Crippen LogP contribution in [0.1, 0.15) is 11.3 Å². The zero-order valence-electron chi connectivity index (χ0n) is 11.7. The molecule has 22 heavy (non-hydrogen) atoms. The summed E-state index contributed by atoms with van der Waals surface area (Å²) in [6, 6.07) is 17.6. The van der Waals surface area contributed by atoms with Gasteiger partial charge >= 0.3 is 0 Å². The molecule has 3 aromatic rings. The van der Waals surface area contributed by atoms with Gasteiger partial charge in [0.15, 0.2) is 0 Å². The summed E-state index contributed by atoms with van der Waals surface area (Å²) in [5.41, 5.74) is 4.24. The maximum absolute atomic E-state index is 12.1. The lowest BCUT2D eigenvalue weighted by Gasteiger charge is -1.97. The number of aromatic nitrogens is 2. The fraction of sp³-hybridized carbons (Fsp3) is 0. The normalized spacial score (nSPS) is 14.9. The minimum Gasteiger partial charge on any atom is -0.338 e. The lowest BCUT2D eigenvalue weighted by atomic mass is 10.1. The second kappa shape index (κ2) is 5.00. The summed E-state index contributed by atoms with van der Waals surface area (Å²) in [4.78, 5) is 19.7. The van der Waals surface area contributed by atoms with Crippen molar-refractivity contribution in [3.63, 3.8) is 0 Å². The number of H-pyrrole nitrogens is 1. The summed E-state index contributed by atoms with van der Waals surface area (Å²) in [6.07, 6.45) is 3.57. The molecule has 4 heteroatoms. The number of benzene rings is 2. The van der Waals surface area contributed by atoms with Crippen LogP contribution in [0.15, 0.2) is 60.8 Å². The van der Waals surface area contributed by atoms with Crippen LogP contribution in [-0.4, -0.2) is 15.9 Å². The molecule has 1 aliphatic heterocycles. The molecule has 0 aliphatic carbocycles. The second-order valence-electron chi connectivity index (χ2n) is 5.11. The van der Waals surface area contributed by atoms with Gasteiger partial charge in [0.05, 0.1) is 17.5 Å². The van der Waals surface area contributed by atoms with Crippen molar-refractivity contribution in [1.29, 1.82) is 0 Å². The van der Waals surface area contributed by atoms with Gasteiger partial charge in [0.2, 0.25) is 0 Å². The van der Waals surface area contributed by atoms with Crippen LogP contribution in [0.5, 0.6) is 0 Å². The fourth-order valence-corrected chi connectivity index (χ4v) is 2.59. The first-order valence-electron chi connectivity index (χ1n) is 7.04. The Morgan fingerprint density at radius 3 is 2.59 bits per heavy atom. The van der Waals surface area contributed by atoms with Crippen LogP contribution in [0.3, 0.4) is 0 Å². The third-order valence-electron chi connectivity index (χ3n) is 3.65. The van der Waals surface area contributed by atoms with Gasteiger partial charge in [-0.15, -0.1) is 0 Å². The summed E-state index contributed by atoms with van der Waals surface area (Å²) in [6.45, 7) is 0. The number of hydrogen-bond acceptors (Lipinski definition) is 2. The molecule has 1 aromatic heterocycles. The number of hydrogen-bond donors (Lipinski definition) is 2. The van der Waals surface area contributed by atoms with Crippen LogP contribution < -0.4 is 5.32 Å². The van der Waals surface area contributed by atoms with Crippen molar-refractivity contribution in [2.45, 2.75) is 0 Å². The minimum absolute atomic E-state index is 0.0861. The van der Waals surface area contributed by atoms with Crippen molar-refractivity contribution in [3.8, 4) is 11.4 Å². The van der Waals surface area contributed by atoms with E-state index in [0.29, 0.717) is 5.57 Å². The first kappa shape index (κ1) is 12.6. The molecular weight excluding hydrogens is 274 g/mol. The number of amides is 1. The van der Waals surface area contributed by atoms with Crippen molar-refractivity contribution in [3.05, 3.63) is 72.1 Å². The van der Waals surface area contributed by atoms with Gasteiger partial charge in [-0.1, -0.05) is 48.5 Å². The lowest BCUT2D eigenvalue weighted by Crippen LogP contribution is -2.03. The Labute approximate surface area is 127 Å². The number of anilines is 1. The van der Waals surface area contributed by atoms with Crippen molar-refractivity contribution in [1.82, 2.24) is 9.97 Å². The van der Waals surface area contributed by atoms with Crippen LogP contribution in [-0.2, 0) is 4.79 Å². The van der Waals surface area contributed by atoms with Gasteiger partial charge < -0.3 is 10.3 Å². The summed E-state index contributed by atoms with van der Waals surface area (Å²) in [5.74, 6) is 0.705. The highest BCUT2D eigenvalue weighted by atomic mass is 16.2. The van der Waals surface area contributed by atoms with Crippen molar-refractivity contribution in [2.24, 2.45) is 0 Å². The van der Waals surface area contributed by atoms with Gasteiger partial charge in [0.25, 0.3) is 5.91 Å². The van der Waals surface area contributed by atoms with Gasteiger partial charge in [-0.25, -0.2) is 4.98 Å². The van der Waals surface area contributed by atoms with E-state index in [1.807, 2.05) is 60.7 Å². The standard InChI is InChI=1S/C18H13N3O/c22-18-15(14-8-4-5-9-16(14)21-18)10-13-11-19-17(20-13)12-6-2-1-3-7-12/h1-11H,(H,19,20)(H,21,22)/b15-10+. The van der Waals surface area contributed by atoms with Gasteiger partial charge in [-0.05, 0) is 12.1 Å². The Bertz CT molecular complexity index is 878. The molecule has 2 aromatic carbocycles. The van der Waals surface area contributed by atoms with E-state index in [1.165, 1.54) is 0 Å². The van der Waals surface area contributed by atoms with Gasteiger partial charge in [0.1, 0.15) is 5.82 Å². The topological polar surface area (TPSA) is 57.8 Å².